The Hall–Kier alpha value is -0.0800. The van der Waals surface area contributed by atoms with E-state index in [0.29, 0.717) is 11.5 Å². The van der Waals surface area contributed by atoms with E-state index in [0.717, 1.165) is 19.1 Å². The standard InChI is InChI=1S/C14H27NO/c1-2-12-5-3-7-14(9-12,11-15)10-13-6-4-8-16-13/h12-13H,2-11,15H2,1H3. The fourth-order valence-electron chi connectivity index (χ4n) is 3.67. The van der Waals surface area contributed by atoms with Crippen LogP contribution in [-0.4, -0.2) is 19.3 Å². The molecule has 0 radical (unpaired) electrons. The summed E-state index contributed by atoms with van der Waals surface area (Å²) in [5, 5.41) is 0. The first-order valence-electron chi connectivity index (χ1n) is 7.10. The number of hydrogen-bond donors (Lipinski definition) is 1. The number of nitrogens with two attached hydrogens (primary N) is 1. The van der Waals surface area contributed by atoms with Crippen LogP contribution in [0.4, 0.5) is 0 Å². The van der Waals surface area contributed by atoms with Crippen molar-refractivity contribution >= 4 is 0 Å². The summed E-state index contributed by atoms with van der Waals surface area (Å²) in [7, 11) is 0. The molecule has 1 aliphatic carbocycles. The van der Waals surface area contributed by atoms with Crippen molar-refractivity contribution in [3.05, 3.63) is 0 Å². The molecule has 0 aromatic rings. The van der Waals surface area contributed by atoms with Gasteiger partial charge in [0.25, 0.3) is 0 Å². The second-order valence-electron chi connectivity index (χ2n) is 5.91. The molecule has 0 aromatic heterocycles. The summed E-state index contributed by atoms with van der Waals surface area (Å²) in [6.07, 6.45) is 11.1. The van der Waals surface area contributed by atoms with Crippen molar-refractivity contribution in [2.24, 2.45) is 17.1 Å². The number of rotatable bonds is 4. The van der Waals surface area contributed by atoms with Gasteiger partial charge in [-0.25, -0.2) is 0 Å². The smallest absolute Gasteiger partial charge is 0.0581 e. The molecule has 2 fully saturated rings. The summed E-state index contributed by atoms with van der Waals surface area (Å²) in [6.45, 7) is 4.16. The van der Waals surface area contributed by atoms with Gasteiger partial charge in [-0.05, 0) is 50.0 Å². The highest BCUT2D eigenvalue weighted by Gasteiger charge is 2.37. The van der Waals surface area contributed by atoms with Gasteiger partial charge in [-0.3, -0.25) is 0 Å². The lowest BCUT2D eigenvalue weighted by Crippen LogP contribution is -2.38. The molecule has 94 valence electrons. The molecule has 3 unspecified atom stereocenters. The van der Waals surface area contributed by atoms with Crippen LogP contribution in [0.1, 0.15) is 58.3 Å². The average molecular weight is 225 g/mol. The molecule has 2 heteroatoms. The molecule has 16 heavy (non-hydrogen) atoms. The topological polar surface area (TPSA) is 35.2 Å². The Morgan fingerprint density at radius 3 is 2.81 bits per heavy atom. The van der Waals surface area contributed by atoms with Gasteiger partial charge in [0.05, 0.1) is 6.10 Å². The summed E-state index contributed by atoms with van der Waals surface area (Å²) in [5.41, 5.74) is 6.49. The molecule has 1 heterocycles. The van der Waals surface area contributed by atoms with Crippen LogP contribution in [-0.2, 0) is 4.74 Å². The second kappa shape index (κ2) is 5.50. The van der Waals surface area contributed by atoms with Crippen molar-refractivity contribution in [2.75, 3.05) is 13.2 Å². The first-order valence-corrected chi connectivity index (χ1v) is 7.10. The van der Waals surface area contributed by atoms with Crippen molar-refractivity contribution in [1.82, 2.24) is 0 Å². The van der Waals surface area contributed by atoms with Gasteiger partial charge in [0.1, 0.15) is 0 Å². The number of hydrogen-bond acceptors (Lipinski definition) is 2. The lowest BCUT2D eigenvalue weighted by Gasteiger charge is -2.41. The fraction of sp³-hybridized carbons (Fsp3) is 1.00. The van der Waals surface area contributed by atoms with E-state index in [9.17, 15) is 0 Å². The number of ether oxygens (including phenoxy) is 1. The molecule has 2 N–H and O–H groups in total. The Labute approximate surface area is 99.9 Å². The van der Waals surface area contributed by atoms with E-state index in [4.69, 9.17) is 10.5 Å². The largest absolute Gasteiger partial charge is 0.378 e. The van der Waals surface area contributed by atoms with Crippen LogP contribution in [0.3, 0.4) is 0 Å². The summed E-state index contributed by atoms with van der Waals surface area (Å²) in [6, 6.07) is 0. The summed E-state index contributed by atoms with van der Waals surface area (Å²) in [4.78, 5) is 0. The van der Waals surface area contributed by atoms with Gasteiger partial charge in [0.2, 0.25) is 0 Å². The summed E-state index contributed by atoms with van der Waals surface area (Å²) < 4.78 is 5.80. The lowest BCUT2D eigenvalue weighted by atomic mass is 9.66. The van der Waals surface area contributed by atoms with Crippen molar-refractivity contribution in [1.29, 1.82) is 0 Å². The van der Waals surface area contributed by atoms with Gasteiger partial charge in [0.15, 0.2) is 0 Å². The molecule has 3 atom stereocenters. The molecule has 0 spiro atoms. The predicted molar refractivity (Wildman–Crippen MR) is 67.3 cm³/mol. The minimum atomic E-state index is 0.411. The summed E-state index contributed by atoms with van der Waals surface area (Å²) in [5.74, 6) is 0.915. The minimum absolute atomic E-state index is 0.411. The van der Waals surface area contributed by atoms with E-state index in [1.165, 1.54) is 51.4 Å². The molecule has 2 aliphatic rings. The molecular formula is C14H27NO. The van der Waals surface area contributed by atoms with Crippen molar-refractivity contribution in [3.63, 3.8) is 0 Å². The van der Waals surface area contributed by atoms with E-state index in [-0.39, 0.29) is 0 Å². The lowest BCUT2D eigenvalue weighted by molar-refractivity contribution is 0.0343. The molecule has 1 aliphatic heterocycles. The van der Waals surface area contributed by atoms with Crippen LogP contribution in [0.2, 0.25) is 0 Å². The zero-order chi connectivity index (χ0) is 11.4. The first kappa shape index (κ1) is 12.4. The first-order chi connectivity index (χ1) is 7.78. The highest BCUT2D eigenvalue weighted by molar-refractivity contribution is 4.90. The van der Waals surface area contributed by atoms with Gasteiger partial charge in [-0.15, -0.1) is 0 Å². The Kier molecular flexibility index (Phi) is 4.26. The molecule has 2 rings (SSSR count). The van der Waals surface area contributed by atoms with Crippen molar-refractivity contribution < 1.29 is 4.74 Å². The molecule has 0 aromatic carbocycles. The van der Waals surface area contributed by atoms with Crippen LogP contribution in [0.5, 0.6) is 0 Å². The Morgan fingerprint density at radius 1 is 1.31 bits per heavy atom. The van der Waals surface area contributed by atoms with Gasteiger partial charge >= 0.3 is 0 Å². The maximum Gasteiger partial charge on any atom is 0.0581 e. The Morgan fingerprint density at radius 2 is 2.19 bits per heavy atom. The van der Waals surface area contributed by atoms with Crippen LogP contribution in [0.15, 0.2) is 0 Å². The van der Waals surface area contributed by atoms with Gasteiger partial charge < -0.3 is 10.5 Å². The maximum absolute atomic E-state index is 6.08. The zero-order valence-corrected chi connectivity index (χ0v) is 10.7. The van der Waals surface area contributed by atoms with Crippen LogP contribution in [0, 0.1) is 11.3 Å². The van der Waals surface area contributed by atoms with E-state index >= 15 is 0 Å². The molecule has 0 amide bonds. The van der Waals surface area contributed by atoms with E-state index < -0.39 is 0 Å². The third-order valence-electron chi connectivity index (χ3n) is 4.74. The van der Waals surface area contributed by atoms with Crippen LogP contribution < -0.4 is 5.73 Å². The molecule has 1 saturated carbocycles. The third-order valence-corrected chi connectivity index (χ3v) is 4.74. The second-order valence-corrected chi connectivity index (χ2v) is 5.91. The maximum atomic E-state index is 6.08. The highest BCUT2D eigenvalue weighted by atomic mass is 16.5. The zero-order valence-electron chi connectivity index (χ0n) is 10.7. The molecule has 0 bridgehead atoms. The normalized spacial score (nSPS) is 40.1. The fourth-order valence-corrected chi connectivity index (χ4v) is 3.67. The monoisotopic (exact) mass is 225 g/mol. The van der Waals surface area contributed by atoms with Gasteiger partial charge in [-0.1, -0.05) is 26.2 Å². The van der Waals surface area contributed by atoms with Crippen LogP contribution in [0.25, 0.3) is 0 Å². The van der Waals surface area contributed by atoms with Crippen molar-refractivity contribution in [2.45, 2.75) is 64.4 Å². The molecule has 2 nitrogen and oxygen atoms in total. The van der Waals surface area contributed by atoms with E-state index in [1.54, 1.807) is 0 Å². The Bertz CT molecular complexity index is 213. The van der Waals surface area contributed by atoms with Gasteiger partial charge in [0, 0.05) is 6.61 Å². The predicted octanol–water partition coefficient (Wildman–Crippen LogP) is 3.10. The molecule has 1 saturated heterocycles. The minimum Gasteiger partial charge on any atom is -0.378 e. The quantitative estimate of drug-likeness (QED) is 0.798. The van der Waals surface area contributed by atoms with Gasteiger partial charge in [-0.2, -0.15) is 0 Å². The Balaban J connectivity index is 1.94. The highest BCUT2D eigenvalue weighted by Crippen LogP contribution is 2.44. The molecular weight excluding hydrogens is 198 g/mol. The van der Waals surface area contributed by atoms with Crippen molar-refractivity contribution in [3.8, 4) is 0 Å². The third kappa shape index (κ3) is 2.78. The van der Waals surface area contributed by atoms with Crippen LogP contribution >= 0.6 is 0 Å². The summed E-state index contributed by atoms with van der Waals surface area (Å²) >= 11 is 0. The average Bonchev–Trinajstić information content (AvgIpc) is 2.82. The van der Waals surface area contributed by atoms with E-state index in [1.807, 2.05) is 0 Å². The van der Waals surface area contributed by atoms with E-state index in [2.05, 4.69) is 6.92 Å². The SMILES string of the molecule is CCC1CCCC(CN)(CC2CCCO2)C1.